The molecule has 2 unspecified atom stereocenters. The van der Waals surface area contributed by atoms with E-state index < -0.39 is 28.5 Å². The number of nitrogens with one attached hydrogen (secondary N) is 3. The van der Waals surface area contributed by atoms with Gasteiger partial charge in [-0.2, -0.15) is 0 Å². The number of hydrogen-bond donors (Lipinski definition) is 4. The van der Waals surface area contributed by atoms with Crippen molar-refractivity contribution in [2.75, 3.05) is 0 Å². The van der Waals surface area contributed by atoms with Crippen molar-refractivity contribution < 1.29 is 19.5 Å². The Hall–Kier alpha value is -1.28. The van der Waals surface area contributed by atoms with Crippen molar-refractivity contribution >= 4 is 29.7 Å². The second-order valence-electron chi connectivity index (χ2n) is 2.84. The summed E-state index contributed by atoms with van der Waals surface area (Å²) in [7, 11) is 0. The SMILES string of the molecule is CCC(SC1NNC(=O)NC1=O)C(=O)O. The van der Waals surface area contributed by atoms with Gasteiger partial charge in [0.1, 0.15) is 5.25 Å². The molecule has 7 nitrogen and oxygen atoms in total. The van der Waals surface area contributed by atoms with E-state index in [1.165, 1.54) is 0 Å². The van der Waals surface area contributed by atoms with Gasteiger partial charge in [-0.1, -0.05) is 6.92 Å². The normalized spacial score (nSPS) is 22.9. The van der Waals surface area contributed by atoms with Gasteiger partial charge in [0.05, 0.1) is 0 Å². The van der Waals surface area contributed by atoms with Crippen LogP contribution in [0, 0.1) is 0 Å². The lowest BCUT2D eigenvalue weighted by Gasteiger charge is -2.24. The maximum Gasteiger partial charge on any atom is 0.335 e. The highest BCUT2D eigenvalue weighted by atomic mass is 32.2. The summed E-state index contributed by atoms with van der Waals surface area (Å²) >= 11 is 0.946. The third-order valence-electron chi connectivity index (χ3n) is 1.74. The molecule has 0 radical (unpaired) electrons. The lowest BCUT2D eigenvalue weighted by atomic mass is 10.3. The molecule has 2 atom stereocenters. The van der Waals surface area contributed by atoms with Gasteiger partial charge in [0.15, 0.2) is 5.37 Å². The summed E-state index contributed by atoms with van der Waals surface area (Å²) in [5.41, 5.74) is 4.62. The predicted molar refractivity (Wildman–Crippen MR) is 52.9 cm³/mol. The summed E-state index contributed by atoms with van der Waals surface area (Å²) in [6.45, 7) is 1.71. The summed E-state index contributed by atoms with van der Waals surface area (Å²) in [6.07, 6.45) is 0.402. The fourth-order valence-corrected chi connectivity index (χ4v) is 1.94. The van der Waals surface area contributed by atoms with Crippen LogP contribution in [-0.2, 0) is 9.59 Å². The minimum absolute atomic E-state index is 0.402. The van der Waals surface area contributed by atoms with Crippen molar-refractivity contribution in [3.8, 4) is 0 Å². The van der Waals surface area contributed by atoms with E-state index in [1.54, 1.807) is 6.92 Å². The second-order valence-corrected chi connectivity index (χ2v) is 4.15. The zero-order chi connectivity index (χ0) is 11.4. The van der Waals surface area contributed by atoms with Crippen molar-refractivity contribution in [1.82, 2.24) is 16.2 Å². The first-order valence-electron chi connectivity index (χ1n) is 4.29. The van der Waals surface area contributed by atoms with Crippen LogP contribution in [0.5, 0.6) is 0 Å². The molecule has 1 fully saturated rings. The Labute approximate surface area is 89.9 Å². The van der Waals surface area contributed by atoms with Gasteiger partial charge < -0.3 is 5.11 Å². The first-order valence-corrected chi connectivity index (χ1v) is 5.23. The second kappa shape index (κ2) is 4.99. The van der Waals surface area contributed by atoms with Crippen LogP contribution in [-0.4, -0.2) is 33.6 Å². The minimum Gasteiger partial charge on any atom is -0.480 e. The molecule has 1 saturated heterocycles. The number of carboxylic acid groups (broad SMARTS) is 1. The molecular weight excluding hydrogens is 222 g/mol. The molecule has 15 heavy (non-hydrogen) atoms. The Morgan fingerprint density at radius 2 is 2.27 bits per heavy atom. The molecule has 0 aliphatic carbocycles. The highest BCUT2D eigenvalue weighted by Crippen LogP contribution is 2.19. The Balaban J connectivity index is 2.54. The fraction of sp³-hybridized carbons (Fsp3) is 0.571. The van der Waals surface area contributed by atoms with Gasteiger partial charge in [-0.15, -0.1) is 11.8 Å². The summed E-state index contributed by atoms with van der Waals surface area (Å²) < 4.78 is 0. The first kappa shape index (κ1) is 11.8. The molecule has 0 bridgehead atoms. The molecule has 4 N–H and O–H groups in total. The smallest absolute Gasteiger partial charge is 0.335 e. The summed E-state index contributed by atoms with van der Waals surface area (Å²) in [6, 6.07) is -0.639. The van der Waals surface area contributed by atoms with E-state index in [4.69, 9.17) is 5.11 Å². The molecule has 8 heteroatoms. The number of amides is 3. The Morgan fingerprint density at radius 3 is 2.73 bits per heavy atom. The average molecular weight is 233 g/mol. The zero-order valence-corrected chi connectivity index (χ0v) is 8.76. The summed E-state index contributed by atoms with van der Waals surface area (Å²) in [5.74, 6) is -1.52. The molecule has 1 aliphatic heterocycles. The maximum atomic E-state index is 11.2. The molecule has 0 aromatic heterocycles. The van der Waals surface area contributed by atoms with E-state index >= 15 is 0 Å². The Bertz CT molecular complexity index is 296. The van der Waals surface area contributed by atoms with Crippen LogP contribution in [0.3, 0.4) is 0 Å². The average Bonchev–Trinajstić information content (AvgIpc) is 2.16. The van der Waals surface area contributed by atoms with Crippen LogP contribution < -0.4 is 16.2 Å². The van der Waals surface area contributed by atoms with Gasteiger partial charge >= 0.3 is 12.0 Å². The maximum absolute atomic E-state index is 11.2. The van der Waals surface area contributed by atoms with Crippen molar-refractivity contribution in [2.24, 2.45) is 0 Å². The Kier molecular flexibility index (Phi) is 3.92. The zero-order valence-electron chi connectivity index (χ0n) is 7.94. The van der Waals surface area contributed by atoms with Crippen LogP contribution in [0.4, 0.5) is 4.79 Å². The molecule has 0 saturated carbocycles. The van der Waals surface area contributed by atoms with Crippen LogP contribution >= 0.6 is 11.8 Å². The third-order valence-corrected chi connectivity index (χ3v) is 3.21. The van der Waals surface area contributed by atoms with E-state index in [0.717, 1.165) is 11.8 Å². The number of thioether (sulfide) groups is 1. The molecule has 1 heterocycles. The number of carbonyl (C=O) groups excluding carboxylic acids is 2. The lowest BCUT2D eigenvalue weighted by Crippen LogP contribution is -2.61. The molecule has 0 aromatic carbocycles. The van der Waals surface area contributed by atoms with E-state index in [2.05, 4.69) is 10.9 Å². The number of carbonyl (C=O) groups is 3. The van der Waals surface area contributed by atoms with Crippen LogP contribution in [0.2, 0.25) is 0 Å². The van der Waals surface area contributed by atoms with Crippen LogP contribution in [0.15, 0.2) is 0 Å². The van der Waals surface area contributed by atoms with E-state index in [9.17, 15) is 14.4 Å². The van der Waals surface area contributed by atoms with Gasteiger partial charge in [0, 0.05) is 0 Å². The van der Waals surface area contributed by atoms with E-state index in [1.807, 2.05) is 5.32 Å². The number of hydrazine groups is 1. The highest BCUT2D eigenvalue weighted by Gasteiger charge is 2.30. The summed E-state index contributed by atoms with van der Waals surface area (Å²) in [4.78, 5) is 32.6. The molecule has 3 amide bonds. The van der Waals surface area contributed by atoms with Gasteiger partial charge in [-0.05, 0) is 6.42 Å². The van der Waals surface area contributed by atoms with Crippen LogP contribution in [0.1, 0.15) is 13.3 Å². The fourth-order valence-electron chi connectivity index (χ4n) is 0.994. The first-order chi connectivity index (χ1) is 7.04. The van der Waals surface area contributed by atoms with Gasteiger partial charge in [-0.25, -0.2) is 10.2 Å². The predicted octanol–water partition coefficient (Wildman–Crippen LogP) is -0.747. The van der Waals surface area contributed by atoms with Gasteiger partial charge in [0.2, 0.25) is 0 Å². The summed E-state index contributed by atoms with van der Waals surface area (Å²) in [5, 5.41) is 9.36. The highest BCUT2D eigenvalue weighted by molar-refractivity contribution is 8.01. The van der Waals surface area contributed by atoms with Crippen molar-refractivity contribution in [3.05, 3.63) is 0 Å². The number of carboxylic acids is 1. The van der Waals surface area contributed by atoms with Gasteiger partial charge in [0.25, 0.3) is 5.91 Å². The molecule has 0 aromatic rings. The number of aliphatic carboxylic acids is 1. The third kappa shape index (κ3) is 3.10. The Morgan fingerprint density at radius 1 is 1.60 bits per heavy atom. The minimum atomic E-state index is -0.978. The number of hydrogen-bond acceptors (Lipinski definition) is 5. The molecule has 1 rings (SSSR count). The standard InChI is InChI=1S/C7H11N3O4S/c1-2-3(6(12)13)15-5-4(11)8-7(14)10-9-5/h3,5,9H,2H2,1H3,(H,12,13)(H2,8,10,11,14). The monoisotopic (exact) mass is 233 g/mol. The van der Waals surface area contributed by atoms with Crippen molar-refractivity contribution in [1.29, 1.82) is 0 Å². The van der Waals surface area contributed by atoms with E-state index in [-0.39, 0.29) is 0 Å². The number of rotatable bonds is 4. The number of urea groups is 1. The van der Waals surface area contributed by atoms with Crippen LogP contribution in [0.25, 0.3) is 0 Å². The molecular formula is C7H11N3O4S. The van der Waals surface area contributed by atoms with Crippen molar-refractivity contribution in [2.45, 2.75) is 24.0 Å². The molecule has 0 spiro atoms. The van der Waals surface area contributed by atoms with E-state index in [0.29, 0.717) is 6.42 Å². The molecule has 84 valence electrons. The molecule has 1 aliphatic rings. The topological polar surface area (TPSA) is 108 Å². The quantitative estimate of drug-likeness (QED) is 0.509. The lowest BCUT2D eigenvalue weighted by molar-refractivity contribution is -0.136. The number of imide groups is 1. The largest absolute Gasteiger partial charge is 0.480 e. The van der Waals surface area contributed by atoms with Gasteiger partial charge in [-0.3, -0.25) is 20.3 Å². The van der Waals surface area contributed by atoms with Crippen molar-refractivity contribution in [3.63, 3.8) is 0 Å².